The van der Waals surface area contributed by atoms with Gasteiger partial charge in [0.25, 0.3) is 5.97 Å². The Hall–Kier alpha value is -1.99. The average molecular weight is 721 g/mol. The van der Waals surface area contributed by atoms with Gasteiger partial charge in [0, 0.05) is 49.3 Å². The number of carboxylic acids is 1. The lowest BCUT2D eigenvalue weighted by molar-refractivity contribution is -0.134. The smallest absolute Gasteiger partial charge is 0.300 e. The fourth-order valence-electron chi connectivity index (χ4n) is 2.44. The Balaban J connectivity index is -0.000000354. The van der Waals surface area contributed by atoms with Crippen LogP contribution >= 0.6 is 43.2 Å². The second-order valence-corrected chi connectivity index (χ2v) is 13.0. The van der Waals surface area contributed by atoms with Gasteiger partial charge in [-0.2, -0.15) is 0 Å². The van der Waals surface area contributed by atoms with Crippen LogP contribution in [0.15, 0.2) is 0 Å². The van der Waals surface area contributed by atoms with Crippen LogP contribution in [0.2, 0.25) is 0 Å². The number of Topliss-reactive ketones (excluding diaryl/α,β-unsaturated/α-hetero) is 1. The number of carbonyl (C=O) groups is 7. The molecule has 0 aliphatic carbocycles. The zero-order valence-corrected chi connectivity index (χ0v) is 31.1. The summed E-state index contributed by atoms with van der Waals surface area (Å²) < 4.78 is 0. The van der Waals surface area contributed by atoms with Crippen LogP contribution in [0.4, 0.5) is 0 Å². The van der Waals surface area contributed by atoms with Gasteiger partial charge in [0.2, 0.25) is 23.6 Å². The molecule has 14 nitrogen and oxygen atoms in total. The molecule has 1 aliphatic rings. The predicted octanol–water partition coefficient (Wildman–Crippen LogP) is 1.59. The molecule has 0 aromatic heterocycles. The number of aliphatic carboxylic acids is 1. The number of carbonyl (C=O) groups excluding carboxylic acids is 6. The minimum atomic E-state index is -0.833. The lowest BCUT2D eigenvalue weighted by atomic mass is 10.0. The van der Waals surface area contributed by atoms with Crippen molar-refractivity contribution in [3.63, 3.8) is 0 Å². The molecule has 3 unspecified atom stereocenters. The van der Waals surface area contributed by atoms with E-state index in [1.165, 1.54) is 57.1 Å². The second kappa shape index (κ2) is 40.0. The Morgan fingerprint density at radius 3 is 1.91 bits per heavy atom. The first-order chi connectivity index (χ1) is 21.4. The molecule has 1 aliphatic heterocycles. The van der Waals surface area contributed by atoms with Gasteiger partial charge in [-0.15, -0.1) is 0 Å². The van der Waals surface area contributed by atoms with Crippen LogP contribution in [0.5, 0.6) is 0 Å². The van der Waals surface area contributed by atoms with Crippen molar-refractivity contribution >= 4 is 84.8 Å². The number of nitrogens with one attached hydrogen (secondary N) is 3. The van der Waals surface area contributed by atoms with Crippen molar-refractivity contribution in [2.75, 3.05) is 43.1 Å². The third-order valence-electron chi connectivity index (χ3n) is 4.31. The van der Waals surface area contributed by atoms with E-state index in [4.69, 9.17) is 26.2 Å². The van der Waals surface area contributed by atoms with E-state index in [1.54, 1.807) is 0 Å². The van der Waals surface area contributed by atoms with E-state index in [1.807, 2.05) is 34.6 Å². The highest BCUT2D eigenvalue weighted by atomic mass is 33.1. The molecule has 10 N–H and O–H groups in total. The second-order valence-electron chi connectivity index (χ2n) is 7.70. The molecular weight excluding hydrogens is 665 g/mol. The molecule has 266 valence electrons. The van der Waals surface area contributed by atoms with E-state index in [0.717, 1.165) is 13.2 Å². The summed E-state index contributed by atoms with van der Waals surface area (Å²) in [5, 5.41) is 15.4. The fourth-order valence-corrected chi connectivity index (χ4v) is 6.79. The molecule has 0 aromatic carbocycles. The highest BCUT2D eigenvalue weighted by Crippen LogP contribution is 2.25. The summed E-state index contributed by atoms with van der Waals surface area (Å²) in [6.45, 7) is 12.5. The van der Waals surface area contributed by atoms with Crippen LogP contribution in [-0.4, -0.2) is 102 Å². The van der Waals surface area contributed by atoms with Crippen molar-refractivity contribution < 1.29 is 38.7 Å². The molecule has 45 heavy (non-hydrogen) atoms. The van der Waals surface area contributed by atoms with Gasteiger partial charge in [-0.25, -0.2) is 0 Å². The SMILES string of the molecule is CC.CC.CC(=O)O.CC=O.CCC1NC(=O)CCSSCC(N)C(=O)NCC(=O)CC(C(N)=O)CSSCCNC1=O.CN. The van der Waals surface area contributed by atoms with E-state index in [2.05, 4.69) is 21.7 Å². The zero-order chi connectivity index (χ0) is 36.2. The van der Waals surface area contributed by atoms with Crippen LogP contribution in [0.1, 0.15) is 67.7 Å². The van der Waals surface area contributed by atoms with E-state index < -0.39 is 35.8 Å². The number of carboxylic acid groups (broad SMARTS) is 1. The summed E-state index contributed by atoms with van der Waals surface area (Å²) in [6, 6.07) is -1.41. The molecule has 4 amide bonds. The van der Waals surface area contributed by atoms with E-state index in [0.29, 0.717) is 36.0 Å². The van der Waals surface area contributed by atoms with Gasteiger partial charge in [0.1, 0.15) is 12.3 Å². The first-order valence-electron chi connectivity index (χ1n) is 14.5. The largest absolute Gasteiger partial charge is 0.481 e. The predicted molar refractivity (Wildman–Crippen MR) is 191 cm³/mol. The van der Waals surface area contributed by atoms with Crippen molar-refractivity contribution in [3.05, 3.63) is 0 Å². The van der Waals surface area contributed by atoms with Crippen molar-refractivity contribution in [2.24, 2.45) is 23.1 Å². The number of hydrogen-bond donors (Lipinski definition) is 7. The van der Waals surface area contributed by atoms with Gasteiger partial charge in [-0.05, 0) is 20.4 Å². The normalized spacial score (nSPS) is 20.2. The fraction of sp³-hybridized carbons (Fsp3) is 0.741. The van der Waals surface area contributed by atoms with E-state index >= 15 is 0 Å². The van der Waals surface area contributed by atoms with Gasteiger partial charge in [0.15, 0.2) is 5.78 Å². The maximum absolute atomic E-state index is 12.3. The van der Waals surface area contributed by atoms with Crippen LogP contribution in [0.3, 0.4) is 0 Å². The summed E-state index contributed by atoms with van der Waals surface area (Å²) in [5.41, 5.74) is 15.7. The Bertz CT molecular complexity index is 809. The average Bonchev–Trinajstić information content (AvgIpc) is 3.01. The van der Waals surface area contributed by atoms with Crippen molar-refractivity contribution in [1.82, 2.24) is 16.0 Å². The first kappa shape index (κ1) is 52.5. The number of hydrogen-bond acceptors (Lipinski definition) is 13. The Morgan fingerprint density at radius 1 is 0.933 bits per heavy atom. The first-order valence-corrected chi connectivity index (χ1v) is 19.4. The third kappa shape index (κ3) is 38.1. The molecule has 0 bridgehead atoms. The van der Waals surface area contributed by atoms with E-state index in [-0.39, 0.29) is 37.0 Å². The van der Waals surface area contributed by atoms with Gasteiger partial charge in [-0.1, -0.05) is 77.8 Å². The van der Waals surface area contributed by atoms with Crippen LogP contribution in [0, 0.1) is 5.92 Å². The summed E-state index contributed by atoms with van der Waals surface area (Å²) in [6.07, 6.45) is 1.40. The summed E-state index contributed by atoms with van der Waals surface area (Å²) >= 11 is 0. The molecule has 0 saturated carbocycles. The zero-order valence-electron chi connectivity index (χ0n) is 27.8. The molecule has 0 radical (unpaired) electrons. The van der Waals surface area contributed by atoms with Crippen LogP contribution in [-0.2, 0) is 33.6 Å². The molecule has 1 saturated heterocycles. The standard InChI is InChI=1S/C18H31N5O5S4.C2H4O2.C2H4O.2C2H6.CH5N/c1-2-14-18(28)21-4-6-30-31-9-11(16(20)26)7-12(24)8-22-17(27)13(19)10-32-29-5-3-15(25)23-14;1-2(3)4;1-2-3;3*1-2/h11,13-14H,2-10,19H2,1H3,(H2,20,26)(H,21,28)(H,22,27)(H,23,25);1H3,(H,3,4);2H,1H3;2*1-2H3;2H2,1H3. The third-order valence-corrected chi connectivity index (χ3v) is 9.24. The number of amides is 4. The van der Waals surface area contributed by atoms with Crippen molar-refractivity contribution in [2.45, 2.75) is 79.8 Å². The number of aldehydes is 1. The lowest BCUT2D eigenvalue weighted by Crippen LogP contribution is -2.46. The highest BCUT2D eigenvalue weighted by Gasteiger charge is 2.22. The Kier molecular flexibility index (Phi) is 46.7. The number of nitrogens with two attached hydrogens (primary N) is 3. The van der Waals surface area contributed by atoms with Crippen LogP contribution in [0.25, 0.3) is 0 Å². The monoisotopic (exact) mass is 720 g/mol. The molecule has 1 heterocycles. The Labute approximate surface area is 284 Å². The lowest BCUT2D eigenvalue weighted by Gasteiger charge is -2.17. The topological polar surface area (TPSA) is 254 Å². The molecule has 0 spiro atoms. The summed E-state index contributed by atoms with van der Waals surface area (Å²) in [5.74, 6) is -1.53. The maximum atomic E-state index is 12.3. The Morgan fingerprint density at radius 2 is 1.42 bits per heavy atom. The maximum Gasteiger partial charge on any atom is 0.300 e. The molecule has 18 heteroatoms. The molecular formula is C27H56N6O8S4. The quantitative estimate of drug-likeness (QED) is 0.158. The van der Waals surface area contributed by atoms with Gasteiger partial charge in [0.05, 0.1) is 18.5 Å². The van der Waals surface area contributed by atoms with Gasteiger partial charge < -0.3 is 43.1 Å². The minimum absolute atomic E-state index is 0.0579. The summed E-state index contributed by atoms with van der Waals surface area (Å²) in [7, 11) is 7.09. The summed E-state index contributed by atoms with van der Waals surface area (Å²) in [4.78, 5) is 78.1. The van der Waals surface area contributed by atoms with Gasteiger partial charge >= 0.3 is 0 Å². The van der Waals surface area contributed by atoms with Crippen molar-refractivity contribution in [1.29, 1.82) is 0 Å². The van der Waals surface area contributed by atoms with E-state index in [9.17, 15) is 24.0 Å². The minimum Gasteiger partial charge on any atom is -0.481 e. The molecule has 1 rings (SSSR count). The molecule has 1 fully saturated rings. The van der Waals surface area contributed by atoms with Crippen molar-refractivity contribution in [3.8, 4) is 0 Å². The highest BCUT2D eigenvalue weighted by molar-refractivity contribution is 8.77. The number of rotatable bonds is 2. The number of primary amides is 1. The number of ketones is 1. The van der Waals surface area contributed by atoms with Crippen LogP contribution < -0.4 is 33.2 Å². The molecule has 3 atom stereocenters. The molecule has 0 aromatic rings. The van der Waals surface area contributed by atoms with Gasteiger partial charge in [-0.3, -0.25) is 28.8 Å².